The van der Waals surface area contributed by atoms with Gasteiger partial charge in [-0.05, 0) is 31.4 Å². The second kappa shape index (κ2) is 7.79. The molecular formula is C17H25N3O3S. The summed E-state index contributed by atoms with van der Waals surface area (Å²) in [6.45, 7) is 6.24. The third-order valence-electron chi connectivity index (χ3n) is 3.87. The van der Waals surface area contributed by atoms with Crippen LogP contribution in [0.25, 0.3) is 0 Å². The molecule has 0 spiro atoms. The van der Waals surface area contributed by atoms with E-state index >= 15 is 0 Å². The zero-order valence-corrected chi connectivity index (χ0v) is 15.2. The summed E-state index contributed by atoms with van der Waals surface area (Å²) in [5.74, 6) is 0.686. The molecule has 1 heterocycles. The van der Waals surface area contributed by atoms with Crippen molar-refractivity contribution in [2.45, 2.75) is 51.0 Å². The SMILES string of the molecule is CC(C)CCC[C@H](C)NC(=O)CN=C1NS(=O)(=O)c2ccccc21. The number of nitrogens with zero attached hydrogens (tertiary/aromatic N) is 1. The Kier molecular flexibility index (Phi) is 5.99. The summed E-state index contributed by atoms with van der Waals surface area (Å²) < 4.78 is 26.3. The summed E-state index contributed by atoms with van der Waals surface area (Å²) >= 11 is 0. The molecule has 0 saturated carbocycles. The summed E-state index contributed by atoms with van der Waals surface area (Å²) in [4.78, 5) is 16.3. The van der Waals surface area contributed by atoms with E-state index in [-0.39, 0.29) is 29.2 Å². The Balaban J connectivity index is 1.91. The van der Waals surface area contributed by atoms with Gasteiger partial charge in [-0.2, -0.15) is 0 Å². The van der Waals surface area contributed by atoms with Gasteiger partial charge < -0.3 is 5.32 Å². The molecule has 0 unspecified atom stereocenters. The van der Waals surface area contributed by atoms with Gasteiger partial charge in [0.05, 0.1) is 4.90 Å². The molecule has 2 N–H and O–H groups in total. The van der Waals surface area contributed by atoms with Crippen molar-refractivity contribution in [2.24, 2.45) is 10.9 Å². The third-order valence-corrected chi connectivity index (χ3v) is 5.27. The summed E-state index contributed by atoms with van der Waals surface area (Å²) in [5.41, 5.74) is 0.510. The monoisotopic (exact) mass is 351 g/mol. The maximum Gasteiger partial charge on any atom is 0.263 e. The topological polar surface area (TPSA) is 87.6 Å². The molecule has 6 nitrogen and oxygen atoms in total. The first-order valence-electron chi connectivity index (χ1n) is 8.25. The van der Waals surface area contributed by atoms with Crippen LogP contribution in [0.1, 0.15) is 45.6 Å². The second-order valence-electron chi connectivity index (χ2n) is 6.56. The molecule has 0 saturated heterocycles. The normalized spacial score (nSPS) is 18.2. The van der Waals surface area contributed by atoms with Crippen molar-refractivity contribution in [2.75, 3.05) is 6.54 Å². The van der Waals surface area contributed by atoms with E-state index in [2.05, 4.69) is 28.9 Å². The highest BCUT2D eigenvalue weighted by molar-refractivity contribution is 7.90. The highest BCUT2D eigenvalue weighted by Gasteiger charge is 2.30. The number of rotatable bonds is 7. The van der Waals surface area contributed by atoms with Crippen molar-refractivity contribution in [3.63, 3.8) is 0 Å². The summed E-state index contributed by atoms with van der Waals surface area (Å²) in [7, 11) is -3.56. The molecule has 1 aliphatic heterocycles. The van der Waals surface area contributed by atoms with Gasteiger partial charge in [-0.3, -0.25) is 14.5 Å². The van der Waals surface area contributed by atoms with Gasteiger partial charge in [0.15, 0.2) is 0 Å². The quantitative estimate of drug-likeness (QED) is 0.788. The van der Waals surface area contributed by atoms with Crippen molar-refractivity contribution in [3.05, 3.63) is 29.8 Å². The molecule has 0 aliphatic carbocycles. The van der Waals surface area contributed by atoms with Crippen LogP contribution >= 0.6 is 0 Å². The van der Waals surface area contributed by atoms with Crippen LogP contribution in [0.3, 0.4) is 0 Å². The van der Waals surface area contributed by atoms with E-state index < -0.39 is 10.0 Å². The Morgan fingerprint density at radius 2 is 1.92 bits per heavy atom. The van der Waals surface area contributed by atoms with Gasteiger partial charge in [-0.25, -0.2) is 8.42 Å². The number of aliphatic imine (C=N–C) groups is 1. The molecule has 1 aromatic rings. The maximum absolute atomic E-state index is 12.0. The van der Waals surface area contributed by atoms with Crippen LogP contribution in [0.15, 0.2) is 34.2 Å². The third kappa shape index (κ3) is 4.80. The molecule has 24 heavy (non-hydrogen) atoms. The van der Waals surface area contributed by atoms with Crippen molar-refractivity contribution in [1.29, 1.82) is 0 Å². The van der Waals surface area contributed by atoms with Crippen LogP contribution in [0.5, 0.6) is 0 Å². The van der Waals surface area contributed by atoms with Gasteiger partial charge in [-0.15, -0.1) is 0 Å². The van der Waals surface area contributed by atoms with Gasteiger partial charge in [-0.1, -0.05) is 38.8 Å². The van der Waals surface area contributed by atoms with E-state index in [1.54, 1.807) is 18.2 Å². The molecule has 0 bridgehead atoms. The summed E-state index contributed by atoms with van der Waals surface area (Å²) in [6, 6.07) is 6.69. The number of sulfonamides is 1. The van der Waals surface area contributed by atoms with Crippen LogP contribution in [-0.4, -0.2) is 32.7 Å². The lowest BCUT2D eigenvalue weighted by Gasteiger charge is -2.13. The summed E-state index contributed by atoms with van der Waals surface area (Å²) in [5, 5.41) is 2.90. The number of carbonyl (C=O) groups excluding carboxylic acids is 1. The van der Waals surface area contributed by atoms with Crippen molar-refractivity contribution >= 4 is 21.8 Å². The molecule has 7 heteroatoms. The Labute approximate surface area is 143 Å². The smallest absolute Gasteiger partial charge is 0.263 e. The van der Waals surface area contributed by atoms with E-state index in [4.69, 9.17) is 0 Å². The fourth-order valence-corrected chi connectivity index (χ4v) is 3.88. The highest BCUT2D eigenvalue weighted by atomic mass is 32.2. The molecule has 0 aromatic heterocycles. The van der Waals surface area contributed by atoms with Gasteiger partial charge in [0.2, 0.25) is 5.91 Å². The van der Waals surface area contributed by atoms with E-state index in [0.717, 1.165) is 19.3 Å². The molecule has 1 aromatic carbocycles. The Morgan fingerprint density at radius 1 is 1.21 bits per heavy atom. The molecule has 1 aliphatic rings. The zero-order valence-electron chi connectivity index (χ0n) is 14.4. The first-order valence-corrected chi connectivity index (χ1v) is 9.74. The first kappa shape index (κ1) is 18.4. The Morgan fingerprint density at radius 3 is 2.62 bits per heavy atom. The van der Waals surface area contributed by atoms with Gasteiger partial charge in [0.1, 0.15) is 12.4 Å². The van der Waals surface area contributed by atoms with Crippen molar-refractivity contribution < 1.29 is 13.2 Å². The minimum atomic E-state index is -3.56. The predicted molar refractivity (Wildman–Crippen MR) is 94.5 cm³/mol. The van der Waals surface area contributed by atoms with Crippen molar-refractivity contribution in [1.82, 2.24) is 10.0 Å². The number of hydrogen-bond acceptors (Lipinski definition) is 4. The molecule has 0 radical (unpaired) electrons. The Hall–Kier alpha value is -1.89. The average Bonchev–Trinajstić information content (AvgIpc) is 2.76. The standard InChI is InChI=1S/C17H25N3O3S/c1-12(2)7-6-8-13(3)19-16(21)11-18-17-14-9-4-5-10-15(14)24(22,23)20-17/h4-5,9-10,12-13H,6-8,11H2,1-3H3,(H,18,20)(H,19,21)/t13-/m0/s1. The highest BCUT2D eigenvalue weighted by Crippen LogP contribution is 2.21. The van der Waals surface area contributed by atoms with Gasteiger partial charge >= 0.3 is 0 Å². The molecular weight excluding hydrogens is 326 g/mol. The lowest BCUT2D eigenvalue weighted by Crippen LogP contribution is -2.35. The zero-order chi connectivity index (χ0) is 17.7. The number of benzene rings is 1. The first-order chi connectivity index (χ1) is 11.3. The molecule has 1 amide bonds. The largest absolute Gasteiger partial charge is 0.352 e. The van der Waals surface area contributed by atoms with E-state index in [1.165, 1.54) is 6.07 Å². The van der Waals surface area contributed by atoms with Crippen LogP contribution in [0, 0.1) is 5.92 Å². The lowest BCUT2D eigenvalue weighted by molar-refractivity contribution is -0.120. The predicted octanol–water partition coefficient (Wildman–Crippen LogP) is 2.06. The number of amidine groups is 1. The average molecular weight is 351 g/mol. The van der Waals surface area contributed by atoms with Crippen LogP contribution in [-0.2, 0) is 14.8 Å². The fraction of sp³-hybridized carbons (Fsp3) is 0.529. The van der Waals surface area contributed by atoms with E-state index in [1.807, 2.05) is 6.92 Å². The molecule has 2 rings (SSSR count). The summed E-state index contributed by atoms with van der Waals surface area (Å²) in [6.07, 6.45) is 3.14. The Bertz CT molecular complexity index is 726. The van der Waals surface area contributed by atoms with E-state index in [0.29, 0.717) is 11.5 Å². The van der Waals surface area contributed by atoms with Crippen LogP contribution < -0.4 is 10.0 Å². The molecule has 0 fully saturated rings. The number of hydrogen-bond donors (Lipinski definition) is 2. The number of carbonyl (C=O) groups is 1. The fourth-order valence-electron chi connectivity index (χ4n) is 2.63. The minimum absolute atomic E-state index is 0.0870. The molecule has 132 valence electrons. The van der Waals surface area contributed by atoms with E-state index in [9.17, 15) is 13.2 Å². The van der Waals surface area contributed by atoms with Crippen LogP contribution in [0.2, 0.25) is 0 Å². The maximum atomic E-state index is 12.0. The molecule has 1 atom stereocenters. The number of nitrogens with one attached hydrogen (secondary N) is 2. The minimum Gasteiger partial charge on any atom is -0.352 e. The number of amides is 1. The van der Waals surface area contributed by atoms with Crippen molar-refractivity contribution in [3.8, 4) is 0 Å². The van der Waals surface area contributed by atoms with Gasteiger partial charge in [0.25, 0.3) is 10.0 Å². The second-order valence-corrected chi connectivity index (χ2v) is 8.21. The number of fused-ring (bicyclic) bond motifs is 1. The van der Waals surface area contributed by atoms with Crippen LogP contribution in [0.4, 0.5) is 0 Å². The lowest BCUT2D eigenvalue weighted by atomic mass is 10.0. The van der Waals surface area contributed by atoms with Gasteiger partial charge in [0, 0.05) is 11.6 Å².